The largest absolute Gasteiger partial charge is 0.467 e. The lowest BCUT2D eigenvalue weighted by molar-refractivity contribution is -0.133. The molecular formula is C27H36N4O3. The van der Waals surface area contributed by atoms with Gasteiger partial charge in [0.15, 0.2) is 0 Å². The highest BCUT2D eigenvalue weighted by atomic mass is 16.3. The van der Waals surface area contributed by atoms with Crippen LogP contribution >= 0.6 is 0 Å². The Kier molecular flexibility index (Phi) is 6.28. The van der Waals surface area contributed by atoms with Gasteiger partial charge in [0, 0.05) is 31.0 Å². The van der Waals surface area contributed by atoms with E-state index in [0.717, 1.165) is 48.5 Å². The van der Waals surface area contributed by atoms with Gasteiger partial charge in [-0.3, -0.25) is 4.79 Å². The molecule has 4 fully saturated rings. The first-order valence-corrected chi connectivity index (χ1v) is 12.5. The van der Waals surface area contributed by atoms with Crippen LogP contribution in [0.4, 0.5) is 4.79 Å². The lowest BCUT2D eigenvalue weighted by Gasteiger charge is -2.57. The van der Waals surface area contributed by atoms with Crippen molar-refractivity contribution < 1.29 is 14.0 Å². The van der Waals surface area contributed by atoms with Crippen LogP contribution in [0.5, 0.6) is 0 Å². The molecule has 4 aliphatic carbocycles. The van der Waals surface area contributed by atoms with E-state index in [0.29, 0.717) is 19.6 Å². The molecule has 0 aliphatic heterocycles. The van der Waals surface area contributed by atoms with Gasteiger partial charge in [-0.15, -0.1) is 6.58 Å². The summed E-state index contributed by atoms with van der Waals surface area (Å²) < 4.78 is 7.52. The van der Waals surface area contributed by atoms with Gasteiger partial charge in [-0.2, -0.15) is 0 Å². The molecule has 0 saturated heterocycles. The number of aryl methyl sites for hydroxylation is 1. The van der Waals surface area contributed by atoms with Crippen LogP contribution in [0.25, 0.3) is 0 Å². The van der Waals surface area contributed by atoms with E-state index in [2.05, 4.69) is 11.9 Å². The minimum atomic E-state index is -0.146. The van der Waals surface area contributed by atoms with Crippen molar-refractivity contribution in [2.75, 3.05) is 13.1 Å². The van der Waals surface area contributed by atoms with Crippen molar-refractivity contribution >= 4 is 11.9 Å². The van der Waals surface area contributed by atoms with E-state index >= 15 is 0 Å². The van der Waals surface area contributed by atoms with Crippen LogP contribution in [-0.4, -0.2) is 44.9 Å². The molecule has 34 heavy (non-hydrogen) atoms. The third-order valence-electron chi connectivity index (χ3n) is 8.06. The number of aromatic nitrogens is 1. The Balaban J connectivity index is 1.28. The topological polar surface area (TPSA) is 70.7 Å². The molecule has 7 heteroatoms. The number of carbonyl (C=O) groups excluding carboxylic acids is 2. The third kappa shape index (κ3) is 4.79. The summed E-state index contributed by atoms with van der Waals surface area (Å²) in [6.07, 6.45) is 12.5. The summed E-state index contributed by atoms with van der Waals surface area (Å²) in [4.78, 5) is 30.3. The Hall–Kier alpha value is -2.96. The maximum atomic E-state index is 13.5. The van der Waals surface area contributed by atoms with E-state index < -0.39 is 0 Å². The average Bonchev–Trinajstić information content (AvgIpc) is 3.43. The van der Waals surface area contributed by atoms with Gasteiger partial charge >= 0.3 is 6.03 Å². The predicted octanol–water partition coefficient (Wildman–Crippen LogP) is 4.31. The zero-order valence-electron chi connectivity index (χ0n) is 20.1. The number of rotatable bonds is 9. The van der Waals surface area contributed by atoms with Crippen LogP contribution in [0.2, 0.25) is 0 Å². The van der Waals surface area contributed by atoms with Crippen LogP contribution in [0.15, 0.2) is 53.8 Å². The van der Waals surface area contributed by atoms with E-state index in [-0.39, 0.29) is 24.0 Å². The monoisotopic (exact) mass is 464 g/mol. The zero-order chi connectivity index (χ0) is 23.7. The number of furan rings is 1. The van der Waals surface area contributed by atoms with Crippen molar-refractivity contribution in [3.8, 4) is 0 Å². The molecule has 0 radical (unpaired) electrons. The fourth-order valence-corrected chi connectivity index (χ4v) is 6.89. The molecule has 0 aromatic carbocycles. The van der Waals surface area contributed by atoms with Crippen molar-refractivity contribution in [2.45, 2.75) is 57.2 Å². The van der Waals surface area contributed by atoms with Gasteiger partial charge in [-0.05, 0) is 80.5 Å². The van der Waals surface area contributed by atoms with Gasteiger partial charge in [-0.1, -0.05) is 6.08 Å². The Morgan fingerprint density at radius 1 is 1.12 bits per heavy atom. The Bertz CT molecular complexity index is 989. The van der Waals surface area contributed by atoms with Crippen LogP contribution in [-0.2, 0) is 24.9 Å². The predicted molar refractivity (Wildman–Crippen MR) is 130 cm³/mol. The average molecular weight is 465 g/mol. The molecule has 1 N–H and O–H groups in total. The molecule has 3 amide bonds. The maximum Gasteiger partial charge on any atom is 0.318 e. The van der Waals surface area contributed by atoms with E-state index in [1.165, 1.54) is 19.3 Å². The van der Waals surface area contributed by atoms with Crippen LogP contribution < -0.4 is 5.32 Å². The Morgan fingerprint density at radius 2 is 1.82 bits per heavy atom. The number of amides is 3. The number of nitrogens with one attached hydrogen (secondary N) is 1. The SMILES string of the molecule is C=CCN(CC(=O)N(Cc1ccco1)Cc1cccn1C)C(=O)NC12CC3CC(CC(C3)C1)C2. The highest BCUT2D eigenvalue weighted by Gasteiger charge is 2.51. The molecule has 4 aliphatic rings. The fourth-order valence-electron chi connectivity index (χ4n) is 6.89. The minimum absolute atomic E-state index is 0.00928. The van der Waals surface area contributed by atoms with Crippen molar-refractivity contribution in [1.82, 2.24) is 19.7 Å². The first-order valence-electron chi connectivity index (χ1n) is 12.5. The maximum absolute atomic E-state index is 13.5. The standard InChI is InChI=1S/C27H36N4O3/c1-3-8-30(26(33)28-27-14-20-11-21(15-27)13-22(12-20)16-27)19-25(32)31(18-24-7-5-10-34-24)17-23-6-4-9-29(23)2/h3-7,9-10,20-22H,1,8,11-19H2,2H3,(H,28,33). The Morgan fingerprint density at radius 3 is 2.38 bits per heavy atom. The minimum Gasteiger partial charge on any atom is -0.467 e. The molecule has 7 nitrogen and oxygen atoms in total. The lowest BCUT2D eigenvalue weighted by atomic mass is 9.53. The molecule has 0 atom stereocenters. The summed E-state index contributed by atoms with van der Waals surface area (Å²) in [7, 11) is 1.97. The van der Waals surface area contributed by atoms with Gasteiger partial charge in [0.25, 0.3) is 0 Å². The second-order valence-electron chi connectivity index (χ2n) is 10.7. The number of carbonyl (C=O) groups is 2. The van der Waals surface area contributed by atoms with E-state index in [4.69, 9.17) is 4.42 Å². The highest BCUT2D eigenvalue weighted by molar-refractivity contribution is 5.84. The first kappa shape index (κ1) is 22.8. The van der Waals surface area contributed by atoms with Crippen molar-refractivity contribution in [3.63, 3.8) is 0 Å². The van der Waals surface area contributed by atoms with Crippen molar-refractivity contribution in [3.05, 3.63) is 60.8 Å². The normalized spacial score (nSPS) is 26.9. The molecular weight excluding hydrogens is 428 g/mol. The molecule has 2 heterocycles. The van der Waals surface area contributed by atoms with Crippen LogP contribution in [0.3, 0.4) is 0 Å². The summed E-state index contributed by atoms with van der Waals surface area (Å²) >= 11 is 0. The number of hydrogen-bond donors (Lipinski definition) is 1. The van der Waals surface area contributed by atoms with Crippen LogP contribution in [0, 0.1) is 17.8 Å². The van der Waals surface area contributed by atoms with Gasteiger partial charge < -0.3 is 24.1 Å². The fraction of sp³-hybridized carbons (Fsp3) is 0.556. The van der Waals surface area contributed by atoms with E-state index in [9.17, 15) is 9.59 Å². The molecule has 2 aromatic heterocycles. The summed E-state index contributed by atoms with van der Waals surface area (Å²) in [6.45, 7) is 4.98. The van der Waals surface area contributed by atoms with Crippen LogP contribution in [0.1, 0.15) is 50.0 Å². The molecule has 0 spiro atoms. The highest BCUT2D eigenvalue weighted by Crippen LogP contribution is 2.55. The molecule has 0 unspecified atom stereocenters. The van der Waals surface area contributed by atoms with Gasteiger partial charge in [-0.25, -0.2) is 4.79 Å². The molecule has 182 valence electrons. The zero-order valence-corrected chi connectivity index (χ0v) is 20.1. The smallest absolute Gasteiger partial charge is 0.318 e. The summed E-state index contributed by atoms with van der Waals surface area (Å²) in [5, 5.41) is 3.40. The van der Waals surface area contributed by atoms with Crippen molar-refractivity contribution in [1.29, 1.82) is 0 Å². The number of nitrogens with zero attached hydrogens (tertiary/aromatic N) is 3. The number of hydrogen-bond acceptors (Lipinski definition) is 3. The van der Waals surface area contributed by atoms with Crippen molar-refractivity contribution in [2.24, 2.45) is 24.8 Å². The second kappa shape index (κ2) is 9.35. The molecule has 6 rings (SSSR count). The van der Waals surface area contributed by atoms with Gasteiger partial charge in [0.05, 0.1) is 19.4 Å². The lowest BCUT2D eigenvalue weighted by Crippen LogP contribution is -2.62. The van der Waals surface area contributed by atoms with Gasteiger partial charge in [0.1, 0.15) is 12.3 Å². The molecule has 4 saturated carbocycles. The second-order valence-corrected chi connectivity index (χ2v) is 10.7. The molecule has 4 bridgehead atoms. The third-order valence-corrected chi connectivity index (χ3v) is 8.06. The quantitative estimate of drug-likeness (QED) is 0.562. The number of urea groups is 1. The first-order chi connectivity index (χ1) is 16.4. The summed E-state index contributed by atoms with van der Waals surface area (Å²) in [5.74, 6) is 2.84. The van der Waals surface area contributed by atoms with Gasteiger partial charge in [0.2, 0.25) is 5.91 Å². The summed E-state index contributed by atoms with van der Waals surface area (Å²) in [5.41, 5.74) is 0.929. The van der Waals surface area contributed by atoms with E-state index in [1.807, 2.05) is 42.1 Å². The summed E-state index contributed by atoms with van der Waals surface area (Å²) in [6, 6.07) is 7.51. The Labute approximate surface area is 201 Å². The molecule has 2 aromatic rings. The van der Waals surface area contributed by atoms with E-state index in [1.54, 1.807) is 22.1 Å².